The van der Waals surface area contributed by atoms with Crippen LogP contribution in [0.25, 0.3) is 0 Å². The Morgan fingerprint density at radius 1 is 1.21 bits per heavy atom. The van der Waals surface area contributed by atoms with Crippen molar-refractivity contribution >= 4 is 23.5 Å². The molecule has 3 atom stereocenters. The number of likely N-dealkylation sites (N-methyl/N-ethyl adjacent to an activating group) is 1. The number of nitrogens with zero attached hydrogens (tertiary/aromatic N) is 2. The summed E-state index contributed by atoms with van der Waals surface area (Å²) in [5.41, 5.74) is 0.852. The van der Waals surface area contributed by atoms with Gasteiger partial charge in [-0.2, -0.15) is 0 Å². The van der Waals surface area contributed by atoms with Gasteiger partial charge < -0.3 is 34.6 Å². The second-order valence-corrected chi connectivity index (χ2v) is 9.04. The fraction of sp³-hybridized carbons (Fsp3) is 0.625. The third-order valence-corrected chi connectivity index (χ3v) is 5.71. The summed E-state index contributed by atoms with van der Waals surface area (Å²) in [6, 6.07) is 4.25. The fourth-order valence-electron chi connectivity index (χ4n) is 3.83. The molecule has 0 spiro atoms. The standard InChI is InChI=1S/C24H38N4O6/c1-15(2)25-24(31)26-18-8-9-19-20(10-18)34-13-17(4)28(22(29)14-32-6)11-16(3)21(33-7)12-27(5)23(19)30/h8-10,15-17,21H,11-14H2,1-7H3,(H2,25,26,31)/t16-,17+,21-/m0/s1. The molecule has 2 rings (SSSR count). The zero-order valence-corrected chi connectivity index (χ0v) is 21.2. The summed E-state index contributed by atoms with van der Waals surface area (Å²) in [7, 11) is 4.79. The monoisotopic (exact) mass is 478 g/mol. The number of carbonyl (C=O) groups excluding carboxylic acids is 3. The highest BCUT2D eigenvalue weighted by molar-refractivity contribution is 5.98. The second kappa shape index (κ2) is 12.6. The number of nitrogens with one attached hydrogen (secondary N) is 2. The van der Waals surface area contributed by atoms with Crippen molar-refractivity contribution in [3.8, 4) is 5.75 Å². The number of amides is 4. The lowest BCUT2D eigenvalue weighted by molar-refractivity contribution is -0.139. The predicted octanol–water partition coefficient (Wildman–Crippen LogP) is 2.20. The minimum Gasteiger partial charge on any atom is -0.491 e. The minimum atomic E-state index is -0.354. The predicted molar refractivity (Wildman–Crippen MR) is 129 cm³/mol. The largest absolute Gasteiger partial charge is 0.491 e. The Morgan fingerprint density at radius 2 is 1.91 bits per heavy atom. The Bertz CT molecular complexity index is 862. The van der Waals surface area contributed by atoms with E-state index in [1.54, 1.807) is 42.2 Å². The average molecular weight is 479 g/mol. The molecule has 1 aliphatic rings. The van der Waals surface area contributed by atoms with Crippen LogP contribution in [-0.4, -0.2) is 93.4 Å². The van der Waals surface area contributed by atoms with E-state index in [4.69, 9.17) is 14.2 Å². The SMILES string of the molecule is COCC(=O)N1C[C@H](C)[C@@H](OC)CN(C)C(=O)c2ccc(NC(=O)NC(C)C)cc2OC[C@H]1C. The van der Waals surface area contributed by atoms with E-state index >= 15 is 0 Å². The Kier molecular flexibility index (Phi) is 10.1. The molecule has 1 aliphatic heterocycles. The van der Waals surface area contributed by atoms with Crippen molar-refractivity contribution < 1.29 is 28.6 Å². The maximum absolute atomic E-state index is 13.2. The number of fused-ring (bicyclic) bond motifs is 1. The van der Waals surface area contributed by atoms with Crippen molar-refractivity contribution in [2.45, 2.75) is 45.9 Å². The van der Waals surface area contributed by atoms with Crippen molar-refractivity contribution in [1.29, 1.82) is 0 Å². The molecule has 0 saturated carbocycles. The van der Waals surface area contributed by atoms with E-state index in [0.29, 0.717) is 30.1 Å². The van der Waals surface area contributed by atoms with Gasteiger partial charge in [-0.25, -0.2) is 4.79 Å². The molecule has 190 valence electrons. The molecule has 4 amide bonds. The summed E-state index contributed by atoms with van der Waals surface area (Å²) in [5, 5.41) is 5.52. The fourth-order valence-corrected chi connectivity index (χ4v) is 3.83. The zero-order valence-electron chi connectivity index (χ0n) is 21.2. The Hall–Kier alpha value is -2.85. The van der Waals surface area contributed by atoms with Gasteiger partial charge in [-0.1, -0.05) is 6.92 Å². The first-order valence-electron chi connectivity index (χ1n) is 11.5. The highest BCUT2D eigenvalue weighted by Gasteiger charge is 2.30. The third-order valence-electron chi connectivity index (χ3n) is 5.71. The minimum absolute atomic E-state index is 0.0247. The lowest BCUT2D eigenvalue weighted by atomic mass is 10.0. The van der Waals surface area contributed by atoms with E-state index in [0.717, 1.165) is 0 Å². The second-order valence-electron chi connectivity index (χ2n) is 9.04. The first-order valence-corrected chi connectivity index (χ1v) is 11.5. The van der Waals surface area contributed by atoms with Crippen LogP contribution in [0.4, 0.5) is 10.5 Å². The molecule has 10 heteroatoms. The molecule has 1 heterocycles. The molecule has 0 aliphatic carbocycles. The lowest BCUT2D eigenvalue weighted by Crippen LogP contribution is -2.49. The maximum Gasteiger partial charge on any atom is 0.319 e. The normalized spacial score (nSPS) is 21.8. The van der Waals surface area contributed by atoms with Crippen molar-refractivity contribution in [3.63, 3.8) is 0 Å². The summed E-state index contributed by atoms with van der Waals surface area (Å²) in [5.74, 6) is -0.0769. The van der Waals surface area contributed by atoms with Gasteiger partial charge >= 0.3 is 6.03 Å². The molecule has 1 aromatic rings. The number of benzene rings is 1. The summed E-state index contributed by atoms with van der Waals surface area (Å²) in [6.45, 7) is 8.50. The molecule has 2 N–H and O–H groups in total. The van der Waals surface area contributed by atoms with E-state index in [9.17, 15) is 14.4 Å². The molecule has 0 bridgehead atoms. The highest BCUT2D eigenvalue weighted by atomic mass is 16.5. The quantitative estimate of drug-likeness (QED) is 0.672. The number of carbonyl (C=O) groups is 3. The van der Waals surface area contributed by atoms with Crippen molar-refractivity contribution in [3.05, 3.63) is 23.8 Å². The van der Waals surface area contributed by atoms with Crippen molar-refractivity contribution in [2.75, 3.05) is 52.9 Å². The molecule has 10 nitrogen and oxygen atoms in total. The molecule has 1 aromatic carbocycles. The number of hydrogen-bond acceptors (Lipinski definition) is 6. The summed E-state index contributed by atoms with van der Waals surface area (Å²) in [4.78, 5) is 41.5. The third kappa shape index (κ3) is 7.33. The first-order chi connectivity index (χ1) is 16.1. The van der Waals surface area contributed by atoms with Gasteiger partial charge in [-0.3, -0.25) is 9.59 Å². The maximum atomic E-state index is 13.2. The van der Waals surface area contributed by atoms with Crippen molar-refractivity contribution in [1.82, 2.24) is 15.1 Å². The average Bonchev–Trinajstić information content (AvgIpc) is 2.77. The van der Waals surface area contributed by atoms with Crippen LogP contribution in [0.1, 0.15) is 38.1 Å². The van der Waals surface area contributed by atoms with Gasteiger partial charge in [0.25, 0.3) is 5.91 Å². The Morgan fingerprint density at radius 3 is 2.53 bits per heavy atom. The van der Waals surface area contributed by atoms with Crippen LogP contribution in [0.15, 0.2) is 18.2 Å². The molecular weight excluding hydrogens is 440 g/mol. The number of methoxy groups -OCH3 is 2. The van der Waals surface area contributed by atoms with Crippen LogP contribution in [0.3, 0.4) is 0 Å². The Balaban J connectivity index is 2.41. The van der Waals surface area contributed by atoms with E-state index in [2.05, 4.69) is 10.6 Å². The topological polar surface area (TPSA) is 109 Å². The molecular formula is C24H38N4O6. The van der Waals surface area contributed by atoms with Crippen LogP contribution in [-0.2, 0) is 14.3 Å². The van der Waals surface area contributed by atoms with Crippen LogP contribution >= 0.6 is 0 Å². The number of rotatable bonds is 5. The van der Waals surface area contributed by atoms with Crippen LogP contribution in [0.2, 0.25) is 0 Å². The van der Waals surface area contributed by atoms with Crippen LogP contribution in [0.5, 0.6) is 5.75 Å². The number of urea groups is 1. The highest BCUT2D eigenvalue weighted by Crippen LogP contribution is 2.27. The van der Waals surface area contributed by atoms with Crippen LogP contribution in [0, 0.1) is 5.92 Å². The van der Waals surface area contributed by atoms with Gasteiger partial charge in [0.1, 0.15) is 19.0 Å². The summed E-state index contributed by atoms with van der Waals surface area (Å²) in [6.07, 6.45) is -0.275. The van der Waals surface area contributed by atoms with Gasteiger partial charge in [0.05, 0.1) is 17.7 Å². The van der Waals surface area contributed by atoms with Crippen molar-refractivity contribution in [2.24, 2.45) is 5.92 Å². The van der Waals surface area contributed by atoms with E-state index in [-0.39, 0.29) is 55.2 Å². The smallest absolute Gasteiger partial charge is 0.319 e. The van der Waals surface area contributed by atoms with Gasteiger partial charge in [-0.15, -0.1) is 0 Å². The molecule has 0 fully saturated rings. The number of hydrogen-bond donors (Lipinski definition) is 2. The van der Waals surface area contributed by atoms with E-state index in [1.807, 2.05) is 27.7 Å². The molecule has 0 saturated heterocycles. The molecule has 34 heavy (non-hydrogen) atoms. The molecule has 0 radical (unpaired) electrons. The zero-order chi connectivity index (χ0) is 25.4. The van der Waals surface area contributed by atoms with Gasteiger partial charge in [0.15, 0.2) is 0 Å². The first kappa shape index (κ1) is 27.4. The summed E-state index contributed by atoms with van der Waals surface area (Å²) < 4.78 is 16.8. The number of ether oxygens (including phenoxy) is 3. The molecule has 0 aromatic heterocycles. The lowest BCUT2D eigenvalue weighted by Gasteiger charge is -2.36. The Labute approximate surface area is 201 Å². The van der Waals surface area contributed by atoms with Crippen LogP contribution < -0.4 is 15.4 Å². The number of anilines is 1. The molecule has 0 unspecified atom stereocenters. The van der Waals surface area contributed by atoms with Gasteiger partial charge in [-0.05, 0) is 32.9 Å². The van der Waals surface area contributed by atoms with E-state index in [1.165, 1.54) is 7.11 Å². The summed E-state index contributed by atoms with van der Waals surface area (Å²) >= 11 is 0. The van der Waals surface area contributed by atoms with E-state index < -0.39 is 0 Å². The van der Waals surface area contributed by atoms with Gasteiger partial charge in [0.2, 0.25) is 5.91 Å². The van der Waals surface area contributed by atoms with Gasteiger partial charge in [0, 0.05) is 58.1 Å².